The smallest absolute Gasteiger partial charge is 0.387 e. The molecular weight excluding hydrogens is 394 g/mol. The highest BCUT2D eigenvalue weighted by Gasteiger charge is 2.34. The lowest BCUT2D eigenvalue weighted by Gasteiger charge is -2.36. The van der Waals surface area contributed by atoms with Gasteiger partial charge >= 0.3 is 6.18 Å². The fourth-order valence-electron chi connectivity index (χ4n) is 3.37. The number of rotatable bonds is 5. The van der Waals surface area contributed by atoms with Crippen LogP contribution in [0.5, 0.6) is 0 Å². The van der Waals surface area contributed by atoms with E-state index in [1.54, 1.807) is 11.0 Å². The molecule has 2 aromatic rings. The fraction of sp³-hybridized carbons (Fsp3) is 0.368. The summed E-state index contributed by atoms with van der Waals surface area (Å²) in [4.78, 5) is 14.0. The highest BCUT2D eigenvalue weighted by Crippen LogP contribution is 2.36. The molecule has 1 heterocycles. The predicted molar refractivity (Wildman–Crippen MR) is 98.1 cm³/mol. The van der Waals surface area contributed by atoms with Crippen molar-refractivity contribution >= 4 is 11.4 Å². The maximum absolute atomic E-state index is 13.8. The molecule has 1 saturated heterocycles. The zero-order valence-electron chi connectivity index (χ0n) is 15.3. The largest absolute Gasteiger partial charge is 0.416 e. The second-order valence-electron chi connectivity index (χ2n) is 6.78. The summed E-state index contributed by atoms with van der Waals surface area (Å²) in [5, 5.41) is 21.5. The number of benzene rings is 2. The predicted octanol–water partition coefficient (Wildman–Crippen LogP) is 3.61. The van der Waals surface area contributed by atoms with Crippen LogP contribution in [0, 0.1) is 15.9 Å². The first-order valence-corrected chi connectivity index (χ1v) is 8.92. The number of piperazine rings is 1. The van der Waals surface area contributed by atoms with Crippen LogP contribution in [0.2, 0.25) is 0 Å². The first kappa shape index (κ1) is 21.0. The van der Waals surface area contributed by atoms with Crippen LogP contribution in [0.25, 0.3) is 0 Å². The Kier molecular flexibility index (Phi) is 6.04. The van der Waals surface area contributed by atoms with Crippen molar-refractivity contribution in [2.45, 2.75) is 12.3 Å². The second-order valence-corrected chi connectivity index (χ2v) is 6.78. The molecule has 1 fully saturated rings. The van der Waals surface area contributed by atoms with Crippen molar-refractivity contribution in [1.82, 2.24) is 4.90 Å². The summed E-state index contributed by atoms with van der Waals surface area (Å²) in [5.41, 5.74) is -1.36. The van der Waals surface area contributed by atoms with Crippen molar-refractivity contribution in [3.05, 3.63) is 69.5 Å². The molecule has 10 heteroatoms. The second kappa shape index (κ2) is 8.34. The summed E-state index contributed by atoms with van der Waals surface area (Å²) < 4.78 is 52.3. The number of hydrogen-bond donors (Lipinski definition) is 1. The molecule has 0 amide bonds. The average Bonchev–Trinajstić information content (AvgIpc) is 2.67. The average molecular weight is 413 g/mol. The van der Waals surface area contributed by atoms with Crippen LogP contribution in [0.4, 0.5) is 28.9 Å². The Bertz CT molecular complexity index is 883. The molecule has 1 N–H and O–H groups in total. The normalized spacial score (nSPS) is 16.7. The summed E-state index contributed by atoms with van der Waals surface area (Å²) in [5.74, 6) is -0.501. The molecule has 1 aliphatic heterocycles. The highest BCUT2D eigenvalue weighted by molar-refractivity contribution is 5.65. The molecular formula is C19H19F4N3O3. The van der Waals surface area contributed by atoms with E-state index in [9.17, 15) is 32.8 Å². The van der Waals surface area contributed by atoms with Crippen LogP contribution < -0.4 is 4.90 Å². The number of nitro benzene ring substituents is 1. The van der Waals surface area contributed by atoms with Gasteiger partial charge in [-0.25, -0.2) is 4.39 Å². The number of β-amino-alcohol motifs (C(OH)–C–C–N with tert-alkyl or cyclic N) is 1. The molecule has 0 aliphatic carbocycles. The monoisotopic (exact) mass is 413 g/mol. The third kappa shape index (κ3) is 4.83. The third-order valence-corrected chi connectivity index (χ3v) is 4.91. The SMILES string of the molecule is O=[N+]([O-])c1cc(C(F)(F)F)ccc1N1CCN(C[C@H](O)c2ccccc2F)CC1. The van der Waals surface area contributed by atoms with Crippen molar-refractivity contribution in [2.24, 2.45) is 0 Å². The van der Waals surface area contributed by atoms with Crippen LogP contribution in [0.1, 0.15) is 17.2 Å². The van der Waals surface area contributed by atoms with Crippen LogP contribution >= 0.6 is 0 Å². The minimum absolute atomic E-state index is 0.123. The van der Waals surface area contributed by atoms with Gasteiger partial charge in [-0.2, -0.15) is 13.2 Å². The van der Waals surface area contributed by atoms with E-state index in [2.05, 4.69) is 0 Å². The van der Waals surface area contributed by atoms with Crippen LogP contribution in [-0.4, -0.2) is 47.7 Å². The number of hydrogen-bond acceptors (Lipinski definition) is 5. The Morgan fingerprint density at radius 3 is 2.34 bits per heavy atom. The molecule has 1 aliphatic rings. The van der Waals surface area contributed by atoms with Crippen LogP contribution in [-0.2, 0) is 6.18 Å². The number of halogens is 4. The molecule has 6 nitrogen and oxygen atoms in total. The molecule has 1 atom stereocenters. The van der Waals surface area contributed by atoms with E-state index in [0.29, 0.717) is 32.2 Å². The standard InChI is InChI=1S/C19H19F4N3O3/c20-15-4-2-1-3-14(15)18(27)12-24-7-9-25(10-8-24)16-6-5-13(19(21,22)23)11-17(16)26(28)29/h1-6,11,18,27H,7-10,12H2/t18-/m0/s1. The Morgan fingerprint density at radius 1 is 1.10 bits per heavy atom. The summed E-state index contributed by atoms with van der Waals surface area (Å²) in [6, 6.07) is 8.41. The van der Waals surface area contributed by atoms with E-state index < -0.39 is 34.3 Å². The van der Waals surface area contributed by atoms with Crippen LogP contribution in [0.3, 0.4) is 0 Å². The Labute approximate surface area is 164 Å². The van der Waals surface area contributed by atoms with Gasteiger partial charge in [-0.15, -0.1) is 0 Å². The van der Waals surface area contributed by atoms with Gasteiger partial charge in [-0.1, -0.05) is 18.2 Å². The molecule has 156 valence electrons. The molecule has 0 aromatic heterocycles. The van der Waals surface area contributed by atoms with Gasteiger partial charge in [0.1, 0.15) is 11.5 Å². The first-order chi connectivity index (χ1) is 13.7. The van der Waals surface area contributed by atoms with Crippen molar-refractivity contribution < 1.29 is 27.6 Å². The number of aliphatic hydroxyl groups is 1. The molecule has 0 unspecified atom stereocenters. The highest BCUT2D eigenvalue weighted by atomic mass is 19.4. The molecule has 29 heavy (non-hydrogen) atoms. The van der Waals surface area contributed by atoms with Gasteiger partial charge in [-0.3, -0.25) is 15.0 Å². The van der Waals surface area contributed by atoms with Gasteiger partial charge < -0.3 is 10.0 Å². The number of nitro groups is 1. The van der Waals surface area contributed by atoms with Gasteiger partial charge in [-0.05, 0) is 18.2 Å². The Balaban J connectivity index is 1.68. The Hall–Kier alpha value is -2.72. The van der Waals surface area contributed by atoms with Crippen molar-refractivity contribution in [1.29, 1.82) is 0 Å². The van der Waals surface area contributed by atoms with E-state index in [4.69, 9.17) is 0 Å². The van der Waals surface area contributed by atoms with E-state index in [1.807, 2.05) is 4.90 Å². The number of aliphatic hydroxyl groups excluding tert-OH is 1. The summed E-state index contributed by atoms with van der Waals surface area (Å²) in [7, 11) is 0. The first-order valence-electron chi connectivity index (χ1n) is 8.92. The zero-order chi connectivity index (χ0) is 21.2. The number of nitrogens with zero attached hydrogens (tertiary/aromatic N) is 3. The topological polar surface area (TPSA) is 69.9 Å². The van der Waals surface area contributed by atoms with Gasteiger partial charge in [0.2, 0.25) is 0 Å². The number of anilines is 1. The minimum Gasteiger partial charge on any atom is -0.387 e. The number of alkyl halides is 3. The van der Waals surface area contributed by atoms with Gasteiger partial charge in [0.15, 0.2) is 0 Å². The maximum atomic E-state index is 13.8. The molecule has 0 radical (unpaired) electrons. The molecule has 0 bridgehead atoms. The molecule has 0 spiro atoms. The van der Waals surface area contributed by atoms with Gasteiger partial charge in [0.25, 0.3) is 5.69 Å². The third-order valence-electron chi connectivity index (χ3n) is 4.91. The summed E-state index contributed by atoms with van der Waals surface area (Å²) in [6.45, 7) is 1.68. The van der Waals surface area contributed by atoms with Crippen LogP contribution in [0.15, 0.2) is 42.5 Å². The van der Waals surface area contributed by atoms with E-state index in [-0.39, 0.29) is 17.8 Å². The quantitative estimate of drug-likeness (QED) is 0.461. The zero-order valence-corrected chi connectivity index (χ0v) is 15.3. The Morgan fingerprint density at radius 2 is 1.76 bits per heavy atom. The van der Waals surface area contributed by atoms with Crippen molar-refractivity contribution in [3.63, 3.8) is 0 Å². The van der Waals surface area contributed by atoms with E-state index >= 15 is 0 Å². The maximum Gasteiger partial charge on any atom is 0.416 e. The fourth-order valence-corrected chi connectivity index (χ4v) is 3.37. The lowest BCUT2D eigenvalue weighted by atomic mass is 10.1. The van der Waals surface area contributed by atoms with Gasteiger partial charge in [0, 0.05) is 44.4 Å². The molecule has 3 rings (SSSR count). The van der Waals surface area contributed by atoms with E-state index in [1.165, 1.54) is 18.2 Å². The minimum atomic E-state index is -4.66. The lowest BCUT2D eigenvalue weighted by Crippen LogP contribution is -2.47. The van der Waals surface area contributed by atoms with E-state index in [0.717, 1.165) is 12.1 Å². The van der Waals surface area contributed by atoms with Crippen molar-refractivity contribution in [3.8, 4) is 0 Å². The summed E-state index contributed by atoms with van der Waals surface area (Å²) in [6.07, 6.45) is -5.69. The summed E-state index contributed by atoms with van der Waals surface area (Å²) >= 11 is 0. The molecule has 0 saturated carbocycles. The lowest BCUT2D eigenvalue weighted by molar-refractivity contribution is -0.384. The van der Waals surface area contributed by atoms with Crippen molar-refractivity contribution in [2.75, 3.05) is 37.6 Å². The molecule has 2 aromatic carbocycles. The van der Waals surface area contributed by atoms with Gasteiger partial charge in [0.05, 0.1) is 16.6 Å².